The number of halogens is 1. The number of nitrogens with one attached hydrogen (secondary N) is 1. The number of aromatic nitrogens is 1. The van der Waals surface area contributed by atoms with Crippen LogP contribution < -0.4 is 10.2 Å². The van der Waals surface area contributed by atoms with Crippen LogP contribution in [0.25, 0.3) is 6.08 Å². The van der Waals surface area contributed by atoms with Gasteiger partial charge in [0.15, 0.2) is 5.13 Å². The third-order valence-electron chi connectivity index (χ3n) is 3.53. The van der Waals surface area contributed by atoms with Crippen LogP contribution >= 0.6 is 27.3 Å². The van der Waals surface area contributed by atoms with Gasteiger partial charge in [0, 0.05) is 28.5 Å². The Morgan fingerprint density at radius 3 is 2.63 bits per heavy atom. The van der Waals surface area contributed by atoms with Crippen LogP contribution in [-0.4, -0.2) is 16.8 Å². The lowest BCUT2D eigenvalue weighted by molar-refractivity contribution is -0.116. The molecule has 27 heavy (non-hydrogen) atoms. The normalized spacial score (nSPS) is 10.7. The summed E-state index contributed by atoms with van der Waals surface area (Å²) < 4.78 is 0.888. The number of anilines is 3. The minimum Gasteiger partial charge on any atom is -0.322 e. The first kappa shape index (κ1) is 19.0. The van der Waals surface area contributed by atoms with E-state index in [1.807, 2.05) is 54.6 Å². The van der Waals surface area contributed by atoms with E-state index in [9.17, 15) is 9.59 Å². The molecule has 1 N–H and O–H groups in total. The third kappa shape index (κ3) is 5.12. The average Bonchev–Trinajstić information content (AvgIpc) is 3.09. The van der Waals surface area contributed by atoms with E-state index in [0.29, 0.717) is 16.5 Å². The summed E-state index contributed by atoms with van der Waals surface area (Å²) in [7, 11) is 0. The fraction of sp³-hybridized carbons (Fsp3) is 0.0500. The van der Waals surface area contributed by atoms with Gasteiger partial charge >= 0.3 is 0 Å². The Morgan fingerprint density at radius 1 is 1.15 bits per heavy atom. The van der Waals surface area contributed by atoms with E-state index in [1.54, 1.807) is 16.4 Å². The summed E-state index contributed by atoms with van der Waals surface area (Å²) >= 11 is 4.71. The van der Waals surface area contributed by atoms with Crippen LogP contribution in [0, 0.1) is 0 Å². The Labute approximate surface area is 169 Å². The Kier molecular flexibility index (Phi) is 6.16. The summed E-state index contributed by atoms with van der Waals surface area (Å²) in [5.74, 6) is -0.382. The SMILES string of the molecule is CC(=O)N(c1ccccc1)c1nc(/C=C/C(=O)Nc2cccc(Br)c2)cs1. The molecular weight excluding hydrogens is 426 g/mol. The van der Waals surface area contributed by atoms with Gasteiger partial charge in [0.1, 0.15) is 0 Å². The highest BCUT2D eigenvalue weighted by Crippen LogP contribution is 2.29. The molecule has 0 spiro atoms. The van der Waals surface area contributed by atoms with Gasteiger partial charge in [-0.15, -0.1) is 11.3 Å². The Balaban J connectivity index is 1.72. The number of hydrogen-bond donors (Lipinski definition) is 1. The van der Waals surface area contributed by atoms with Crippen molar-refractivity contribution >= 4 is 61.7 Å². The Hall–Kier alpha value is -2.77. The second-order valence-corrected chi connectivity index (χ2v) is 7.33. The van der Waals surface area contributed by atoms with Crippen molar-refractivity contribution in [3.8, 4) is 0 Å². The largest absolute Gasteiger partial charge is 0.322 e. The molecule has 7 heteroatoms. The van der Waals surface area contributed by atoms with Crippen molar-refractivity contribution in [1.82, 2.24) is 4.98 Å². The zero-order valence-corrected chi connectivity index (χ0v) is 16.8. The molecule has 0 fully saturated rings. The highest BCUT2D eigenvalue weighted by Gasteiger charge is 2.17. The van der Waals surface area contributed by atoms with Gasteiger partial charge in [-0.2, -0.15) is 0 Å². The number of para-hydroxylation sites is 1. The van der Waals surface area contributed by atoms with Gasteiger partial charge in [0.05, 0.1) is 11.4 Å². The van der Waals surface area contributed by atoms with Crippen LogP contribution in [-0.2, 0) is 9.59 Å². The van der Waals surface area contributed by atoms with Crippen LogP contribution in [0.5, 0.6) is 0 Å². The topological polar surface area (TPSA) is 62.3 Å². The average molecular weight is 442 g/mol. The fourth-order valence-electron chi connectivity index (χ4n) is 2.37. The van der Waals surface area contributed by atoms with Gasteiger partial charge in [-0.3, -0.25) is 14.5 Å². The van der Waals surface area contributed by atoms with E-state index in [1.165, 1.54) is 24.3 Å². The lowest BCUT2D eigenvalue weighted by atomic mass is 10.3. The smallest absolute Gasteiger partial charge is 0.248 e. The van der Waals surface area contributed by atoms with Crippen LogP contribution in [0.4, 0.5) is 16.5 Å². The minimum absolute atomic E-state index is 0.126. The first-order chi connectivity index (χ1) is 13.0. The molecule has 1 heterocycles. The van der Waals surface area contributed by atoms with Crippen LogP contribution in [0.1, 0.15) is 12.6 Å². The highest BCUT2D eigenvalue weighted by atomic mass is 79.9. The number of amides is 2. The van der Waals surface area contributed by atoms with Crippen LogP contribution in [0.2, 0.25) is 0 Å². The number of thiazole rings is 1. The van der Waals surface area contributed by atoms with Crippen LogP contribution in [0.3, 0.4) is 0 Å². The molecule has 0 aliphatic carbocycles. The van der Waals surface area contributed by atoms with Crippen molar-refractivity contribution in [2.24, 2.45) is 0 Å². The van der Waals surface area contributed by atoms with Crippen molar-refractivity contribution in [1.29, 1.82) is 0 Å². The molecule has 0 aliphatic heterocycles. The molecule has 0 saturated carbocycles. The van der Waals surface area contributed by atoms with Crippen molar-refractivity contribution < 1.29 is 9.59 Å². The molecule has 1 aromatic heterocycles. The number of carbonyl (C=O) groups is 2. The molecule has 2 amide bonds. The summed E-state index contributed by atoms with van der Waals surface area (Å²) in [5.41, 5.74) is 2.06. The quantitative estimate of drug-likeness (QED) is 0.550. The monoisotopic (exact) mass is 441 g/mol. The van der Waals surface area contributed by atoms with Crippen molar-refractivity contribution in [3.05, 3.63) is 76.2 Å². The second kappa shape index (κ2) is 8.75. The van der Waals surface area contributed by atoms with E-state index in [2.05, 4.69) is 26.2 Å². The van der Waals surface area contributed by atoms with Gasteiger partial charge in [0.25, 0.3) is 0 Å². The van der Waals surface area contributed by atoms with Crippen molar-refractivity contribution in [3.63, 3.8) is 0 Å². The number of benzene rings is 2. The molecule has 0 saturated heterocycles. The lowest BCUT2D eigenvalue weighted by Crippen LogP contribution is -2.22. The van der Waals surface area contributed by atoms with Gasteiger partial charge < -0.3 is 5.32 Å². The second-order valence-electron chi connectivity index (χ2n) is 5.58. The van der Waals surface area contributed by atoms with Gasteiger partial charge in [-0.1, -0.05) is 40.2 Å². The fourth-order valence-corrected chi connectivity index (χ4v) is 3.62. The molecule has 3 aromatic rings. The molecule has 5 nitrogen and oxygen atoms in total. The zero-order valence-electron chi connectivity index (χ0n) is 14.4. The summed E-state index contributed by atoms with van der Waals surface area (Å²) in [6.45, 7) is 1.50. The van der Waals surface area contributed by atoms with E-state index in [4.69, 9.17) is 0 Å². The van der Waals surface area contributed by atoms with E-state index >= 15 is 0 Å². The van der Waals surface area contributed by atoms with Gasteiger partial charge in [-0.05, 0) is 36.4 Å². The molecule has 0 unspecified atom stereocenters. The molecule has 0 radical (unpaired) electrons. The van der Waals surface area contributed by atoms with Gasteiger partial charge in [0.2, 0.25) is 11.8 Å². The van der Waals surface area contributed by atoms with E-state index in [-0.39, 0.29) is 11.8 Å². The molecule has 0 atom stereocenters. The molecule has 3 rings (SSSR count). The maximum Gasteiger partial charge on any atom is 0.248 e. The van der Waals surface area contributed by atoms with E-state index < -0.39 is 0 Å². The highest BCUT2D eigenvalue weighted by molar-refractivity contribution is 9.10. The molecule has 0 aliphatic rings. The van der Waals surface area contributed by atoms with Crippen LogP contribution in [0.15, 0.2) is 70.5 Å². The predicted molar refractivity (Wildman–Crippen MR) is 113 cm³/mol. The molecular formula is C20H16BrN3O2S. The Morgan fingerprint density at radius 2 is 1.93 bits per heavy atom. The first-order valence-corrected chi connectivity index (χ1v) is 9.76. The van der Waals surface area contributed by atoms with Crippen molar-refractivity contribution in [2.75, 3.05) is 10.2 Å². The standard InChI is InChI=1S/C20H16BrN3O2S/c1-14(25)24(18-8-3-2-4-9-18)20-23-17(13-27-20)10-11-19(26)22-16-7-5-6-15(21)12-16/h2-13H,1H3,(H,22,26)/b11-10+. The van der Waals surface area contributed by atoms with Gasteiger partial charge in [-0.25, -0.2) is 4.98 Å². The summed E-state index contributed by atoms with van der Waals surface area (Å²) in [5, 5.41) is 5.14. The molecule has 0 bridgehead atoms. The number of carbonyl (C=O) groups excluding carboxylic acids is 2. The molecule has 2 aromatic carbocycles. The third-order valence-corrected chi connectivity index (χ3v) is 4.87. The minimum atomic E-state index is -0.255. The Bertz CT molecular complexity index is 986. The lowest BCUT2D eigenvalue weighted by Gasteiger charge is -2.17. The maximum atomic E-state index is 12.1. The number of hydrogen-bond acceptors (Lipinski definition) is 4. The maximum absolute atomic E-state index is 12.1. The molecule has 136 valence electrons. The predicted octanol–water partition coefficient (Wildman–Crippen LogP) is 5.24. The summed E-state index contributed by atoms with van der Waals surface area (Å²) in [6.07, 6.45) is 3.04. The van der Waals surface area contributed by atoms with Crippen molar-refractivity contribution in [2.45, 2.75) is 6.92 Å². The number of nitrogens with zero attached hydrogens (tertiary/aromatic N) is 2. The zero-order chi connectivity index (χ0) is 19.2. The van der Waals surface area contributed by atoms with E-state index in [0.717, 1.165) is 10.2 Å². The summed E-state index contributed by atoms with van der Waals surface area (Å²) in [6, 6.07) is 16.7. The summed E-state index contributed by atoms with van der Waals surface area (Å²) in [4.78, 5) is 30.1. The first-order valence-electron chi connectivity index (χ1n) is 8.09. The number of rotatable bonds is 5.